The molecule has 1 aromatic heterocycles. The number of amides is 1. The normalized spacial score (nSPS) is 12.2. The number of oxazole rings is 1. The second-order valence-electron chi connectivity index (χ2n) is 4.49. The van der Waals surface area contributed by atoms with Crippen molar-refractivity contribution >= 4 is 29.3 Å². The summed E-state index contributed by atoms with van der Waals surface area (Å²) in [4.78, 5) is 17.5. The van der Waals surface area contributed by atoms with E-state index in [2.05, 4.69) is 4.98 Å². The van der Waals surface area contributed by atoms with E-state index in [1.165, 1.54) is 11.8 Å². The Morgan fingerprint density at radius 1 is 1.35 bits per heavy atom. The third-order valence-electron chi connectivity index (χ3n) is 2.68. The number of aromatic nitrogens is 1. The molecule has 2 rings (SSSR count). The van der Waals surface area contributed by atoms with Gasteiger partial charge in [0.1, 0.15) is 0 Å². The quantitative estimate of drug-likeness (QED) is 0.810. The maximum atomic E-state index is 11.8. The molecule has 1 heterocycles. The number of rotatable bonds is 4. The van der Waals surface area contributed by atoms with Gasteiger partial charge in [-0.2, -0.15) is 0 Å². The lowest BCUT2D eigenvalue weighted by Crippen LogP contribution is -2.29. The predicted molar refractivity (Wildman–Crippen MR) is 81.0 cm³/mol. The largest absolute Gasteiger partial charge is 0.431 e. The lowest BCUT2D eigenvalue weighted by molar-refractivity contribution is -0.127. The lowest BCUT2D eigenvalue weighted by atomic mass is 10.2. The molecular weight excluding hydrogens is 296 g/mol. The Labute approximate surface area is 127 Å². The zero-order valence-electron chi connectivity index (χ0n) is 11.5. The van der Waals surface area contributed by atoms with E-state index in [0.717, 1.165) is 5.56 Å². The van der Waals surface area contributed by atoms with Crippen molar-refractivity contribution in [3.8, 4) is 11.3 Å². The molecule has 0 saturated heterocycles. The first-order valence-corrected chi connectivity index (χ1v) is 7.32. The summed E-state index contributed by atoms with van der Waals surface area (Å²) in [6, 6.07) is 7.33. The number of carbonyl (C=O) groups excluding carboxylic acids is 1. The summed E-state index contributed by atoms with van der Waals surface area (Å²) in [6.45, 7) is 1.83. The molecule has 6 heteroatoms. The zero-order valence-corrected chi connectivity index (χ0v) is 13.0. The van der Waals surface area contributed by atoms with Crippen LogP contribution in [0.25, 0.3) is 11.3 Å². The van der Waals surface area contributed by atoms with Crippen molar-refractivity contribution in [3.05, 3.63) is 35.5 Å². The van der Waals surface area contributed by atoms with Crippen LogP contribution in [0, 0.1) is 0 Å². The third-order valence-corrected chi connectivity index (χ3v) is 3.88. The minimum atomic E-state index is -0.235. The fraction of sp³-hybridized carbons (Fsp3) is 0.286. The molecule has 0 unspecified atom stereocenters. The first-order valence-electron chi connectivity index (χ1n) is 6.07. The topological polar surface area (TPSA) is 46.3 Å². The van der Waals surface area contributed by atoms with Crippen LogP contribution in [0.1, 0.15) is 6.92 Å². The van der Waals surface area contributed by atoms with Crippen LogP contribution in [0.5, 0.6) is 0 Å². The molecule has 1 atom stereocenters. The summed E-state index contributed by atoms with van der Waals surface area (Å²) in [7, 11) is 3.46. The number of halogens is 1. The van der Waals surface area contributed by atoms with Crippen molar-refractivity contribution in [1.29, 1.82) is 0 Å². The molecule has 1 aromatic carbocycles. The fourth-order valence-electron chi connectivity index (χ4n) is 1.63. The maximum absolute atomic E-state index is 11.8. The van der Waals surface area contributed by atoms with Crippen molar-refractivity contribution in [3.63, 3.8) is 0 Å². The molecule has 0 fully saturated rings. The lowest BCUT2D eigenvalue weighted by Gasteiger charge is -2.14. The van der Waals surface area contributed by atoms with Gasteiger partial charge in [0, 0.05) is 24.7 Å². The number of hydrogen-bond acceptors (Lipinski definition) is 4. The summed E-state index contributed by atoms with van der Waals surface area (Å²) < 4.78 is 5.65. The molecule has 4 nitrogen and oxygen atoms in total. The minimum Gasteiger partial charge on any atom is -0.431 e. The second-order valence-corrected chi connectivity index (χ2v) is 6.22. The van der Waals surface area contributed by atoms with Crippen molar-refractivity contribution in [2.75, 3.05) is 14.1 Å². The van der Waals surface area contributed by atoms with Gasteiger partial charge in [-0.25, -0.2) is 4.98 Å². The Bertz CT molecular complexity index is 595. The molecular formula is C14H15ClN2O2S. The van der Waals surface area contributed by atoms with Gasteiger partial charge in [0.15, 0.2) is 5.76 Å². The first kappa shape index (κ1) is 14.9. The van der Waals surface area contributed by atoms with Gasteiger partial charge in [-0.05, 0) is 31.2 Å². The predicted octanol–water partition coefficient (Wildman–Crippen LogP) is 3.56. The average molecular weight is 311 g/mol. The summed E-state index contributed by atoms with van der Waals surface area (Å²) >= 11 is 7.15. The highest BCUT2D eigenvalue weighted by Crippen LogP contribution is 2.28. The number of carbonyl (C=O) groups is 1. The van der Waals surface area contributed by atoms with Gasteiger partial charge in [0.25, 0.3) is 5.22 Å². The molecule has 0 bridgehead atoms. The molecule has 0 N–H and O–H groups in total. The fourth-order valence-corrected chi connectivity index (χ4v) is 2.62. The van der Waals surface area contributed by atoms with Crippen LogP contribution >= 0.6 is 23.4 Å². The van der Waals surface area contributed by atoms with Crippen molar-refractivity contribution in [2.24, 2.45) is 0 Å². The van der Waals surface area contributed by atoms with Crippen LogP contribution in [-0.4, -0.2) is 35.1 Å². The molecule has 0 aliphatic heterocycles. The molecule has 2 aromatic rings. The van der Waals surface area contributed by atoms with Gasteiger partial charge in [-0.3, -0.25) is 4.79 Å². The highest BCUT2D eigenvalue weighted by Gasteiger charge is 2.19. The Morgan fingerprint density at radius 3 is 2.60 bits per heavy atom. The molecule has 106 valence electrons. The maximum Gasteiger partial charge on any atom is 0.256 e. The van der Waals surface area contributed by atoms with Gasteiger partial charge in [-0.15, -0.1) is 0 Å². The van der Waals surface area contributed by atoms with Crippen LogP contribution in [0.15, 0.2) is 40.1 Å². The molecule has 0 radical (unpaired) electrons. The van der Waals surface area contributed by atoms with Crippen LogP contribution in [0.4, 0.5) is 0 Å². The van der Waals surface area contributed by atoms with Crippen LogP contribution in [-0.2, 0) is 4.79 Å². The Hall–Kier alpha value is -1.46. The molecule has 0 aliphatic rings. The number of nitrogens with zero attached hydrogens (tertiary/aromatic N) is 2. The monoisotopic (exact) mass is 310 g/mol. The van der Waals surface area contributed by atoms with Gasteiger partial charge in [0.2, 0.25) is 5.91 Å². The van der Waals surface area contributed by atoms with Crippen molar-refractivity contribution < 1.29 is 9.21 Å². The highest BCUT2D eigenvalue weighted by atomic mass is 35.5. The van der Waals surface area contributed by atoms with E-state index >= 15 is 0 Å². The highest BCUT2D eigenvalue weighted by molar-refractivity contribution is 8.00. The SMILES string of the molecule is C[C@H](Sc1ncc(-c2ccc(Cl)cc2)o1)C(=O)N(C)C. The Kier molecular flexibility index (Phi) is 4.73. The van der Waals surface area contributed by atoms with E-state index in [9.17, 15) is 4.79 Å². The van der Waals surface area contributed by atoms with E-state index in [1.54, 1.807) is 37.3 Å². The summed E-state index contributed by atoms with van der Waals surface area (Å²) in [6.07, 6.45) is 1.65. The van der Waals surface area contributed by atoms with Gasteiger partial charge in [-0.1, -0.05) is 23.4 Å². The number of benzene rings is 1. The standard InChI is InChI=1S/C14H15ClN2O2S/c1-9(13(18)17(2)3)20-14-16-8-12(19-14)10-4-6-11(15)7-5-10/h4-9H,1-3H3/t9-/m0/s1. The number of hydrogen-bond donors (Lipinski definition) is 0. The van der Waals surface area contributed by atoms with Gasteiger partial charge >= 0.3 is 0 Å². The first-order chi connectivity index (χ1) is 9.47. The number of thioether (sulfide) groups is 1. The summed E-state index contributed by atoms with van der Waals surface area (Å²) in [5.41, 5.74) is 0.903. The van der Waals surface area contributed by atoms with Gasteiger partial charge < -0.3 is 9.32 Å². The Balaban J connectivity index is 2.09. The van der Waals surface area contributed by atoms with E-state index in [4.69, 9.17) is 16.0 Å². The minimum absolute atomic E-state index is 0.0289. The molecule has 1 amide bonds. The van der Waals surface area contributed by atoms with E-state index < -0.39 is 0 Å². The molecule has 0 saturated carbocycles. The molecule has 20 heavy (non-hydrogen) atoms. The van der Waals surface area contributed by atoms with Gasteiger partial charge in [0.05, 0.1) is 11.4 Å². The van der Waals surface area contributed by atoms with Crippen LogP contribution in [0.3, 0.4) is 0 Å². The van der Waals surface area contributed by atoms with E-state index in [0.29, 0.717) is 16.0 Å². The van der Waals surface area contributed by atoms with Crippen LogP contribution in [0.2, 0.25) is 5.02 Å². The van der Waals surface area contributed by atoms with Crippen molar-refractivity contribution in [1.82, 2.24) is 9.88 Å². The van der Waals surface area contributed by atoms with Crippen LogP contribution < -0.4 is 0 Å². The average Bonchev–Trinajstić information content (AvgIpc) is 2.87. The zero-order chi connectivity index (χ0) is 14.7. The van der Waals surface area contributed by atoms with Crippen molar-refractivity contribution in [2.45, 2.75) is 17.4 Å². The Morgan fingerprint density at radius 2 is 2.00 bits per heavy atom. The molecule has 0 aliphatic carbocycles. The second kappa shape index (κ2) is 6.33. The third kappa shape index (κ3) is 3.55. The van der Waals surface area contributed by atoms with E-state index in [1.807, 2.05) is 19.1 Å². The smallest absolute Gasteiger partial charge is 0.256 e. The molecule has 0 spiro atoms. The van der Waals surface area contributed by atoms with E-state index in [-0.39, 0.29) is 11.2 Å². The summed E-state index contributed by atoms with van der Waals surface area (Å²) in [5, 5.41) is 0.924. The summed E-state index contributed by atoms with van der Waals surface area (Å²) in [5.74, 6) is 0.690.